The van der Waals surface area contributed by atoms with Crippen molar-refractivity contribution < 1.29 is 42.9 Å². The summed E-state index contributed by atoms with van der Waals surface area (Å²) in [5, 5.41) is 7.73. The number of nitrogens with zero attached hydrogens (tertiary/aromatic N) is 1. The lowest BCUT2D eigenvalue weighted by Crippen LogP contribution is -2.56. The van der Waals surface area contributed by atoms with Crippen LogP contribution in [0.2, 0.25) is 0 Å². The van der Waals surface area contributed by atoms with E-state index < -0.39 is 41.9 Å². The van der Waals surface area contributed by atoms with E-state index in [1.807, 2.05) is 13.8 Å². The van der Waals surface area contributed by atoms with Gasteiger partial charge in [0.1, 0.15) is 30.0 Å². The first-order valence-corrected chi connectivity index (χ1v) is 15.6. The van der Waals surface area contributed by atoms with Gasteiger partial charge in [0.2, 0.25) is 11.8 Å². The van der Waals surface area contributed by atoms with Crippen molar-refractivity contribution in [2.45, 2.75) is 103 Å². The average molecular weight is 625 g/mol. The van der Waals surface area contributed by atoms with Crippen molar-refractivity contribution in [1.29, 1.82) is 0 Å². The highest BCUT2D eigenvalue weighted by Crippen LogP contribution is 2.59. The second-order valence-electron chi connectivity index (χ2n) is 12.9. The zero-order chi connectivity index (χ0) is 32.7. The van der Waals surface area contributed by atoms with E-state index in [1.54, 1.807) is 26.0 Å². The number of methoxy groups -OCH3 is 1. The van der Waals surface area contributed by atoms with E-state index in [-0.39, 0.29) is 42.6 Å². The fraction of sp³-hybridized carbons (Fsp3) is 0.806. The molecule has 0 bridgehead atoms. The van der Waals surface area contributed by atoms with E-state index >= 15 is 0 Å². The molecule has 13 heteroatoms. The van der Waals surface area contributed by atoms with Crippen molar-refractivity contribution in [2.75, 3.05) is 47.0 Å². The monoisotopic (exact) mass is 624 g/mol. The Kier molecular flexibility index (Phi) is 12.6. The van der Waals surface area contributed by atoms with Gasteiger partial charge >= 0.3 is 12.2 Å². The van der Waals surface area contributed by atoms with Gasteiger partial charge in [-0.25, -0.2) is 9.59 Å². The number of carbonyl (C=O) groups excluding carboxylic acids is 4. The maximum absolute atomic E-state index is 13.1. The molecule has 0 aromatic rings. The van der Waals surface area contributed by atoms with Gasteiger partial charge in [0.05, 0.1) is 31.2 Å². The van der Waals surface area contributed by atoms with Gasteiger partial charge in [-0.3, -0.25) is 19.8 Å². The Balaban J connectivity index is 1.48. The molecule has 3 aliphatic rings. The molecule has 7 atom stereocenters. The molecule has 44 heavy (non-hydrogen) atoms. The van der Waals surface area contributed by atoms with Gasteiger partial charge in [-0.05, 0) is 53.0 Å². The SMILES string of the molecule is CCC(=O)NCCN(C)CC(=O)NC(=O)OC[C@H](NC(=O)OC1CC[C@]2(CO2)C(C2(C)O[C@@H]2CC=C(C)C)C1OC)C(C)C. The Hall–Kier alpha value is -2.74. The summed E-state index contributed by atoms with van der Waals surface area (Å²) < 4.78 is 29.3. The van der Waals surface area contributed by atoms with E-state index in [9.17, 15) is 19.2 Å². The van der Waals surface area contributed by atoms with Gasteiger partial charge in [-0.1, -0.05) is 32.4 Å². The van der Waals surface area contributed by atoms with Crippen LogP contribution in [0.1, 0.15) is 67.2 Å². The third-order valence-corrected chi connectivity index (χ3v) is 8.79. The maximum Gasteiger partial charge on any atom is 0.413 e. The predicted octanol–water partition coefficient (Wildman–Crippen LogP) is 2.52. The molecule has 1 saturated carbocycles. The van der Waals surface area contributed by atoms with Crippen molar-refractivity contribution >= 4 is 24.0 Å². The number of amides is 4. The van der Waals surface area contributed by atoms with Crippen LogP contribution in [0.5, 0.6) is 0 Å². The van der Waals surface area contributed by atoms with Crippen LogP contribution in [-0.4, -0.2) is 111 Å². The van der Waals surface area contributed by atoms with Crippen molar-refractivity contribution in [1.82, 2.24) is 20.9 Å². The highest BCUT2D eigenvalue weighted by molar-refractivity contribution is 5.92. The number of ether oxygens (including phenoxy) is 5. The molecular formula is C31H52N4O9. The predicted molar refractivity (Wildman–Crippen MR) is 162 cm³/mol. The van der Waals surface area contributed by atoms with Crippen LogP contribution in [0, 0.1) is 11.8 Å². The number of hydrogen-bond acceptors (Lipinski definition) is 10. The Bertz CT molecular complexity index is 1060. The minimum atomic E-state index is -0.909. The number of imide groups is 1. The topological polar surface area (TPSA) is 160 Å². The molecule has 2 aliphatic heterocycles. The summed E-state index contributed by atoms with van der Waals surface area (Å²) in [4.78, 5) is 50.6. The minimum absolute atomic E-state index is 0.0445. The fourth-order valence-electron chi connectivity index (χ4n) is 5.98. The first kappa shape index (κ1) is 35.7. The number of hydrogen-bond donors (Lipinski definition) is 3. The Morgan fingerprint density at radius 1 is 1.14 bits per heavy atom. The highest BCUT2D eigenvalue weighted by Gasteiger charge is 2.72. The first-order valence-electron chi connectivity index (χ1n) is 15.6. The molecule has 0 radical (unpaired) electrons. The zero-order valence-corrected chi connectivity index (χ0v) is 27.5. The Morgan fingerprint density at radius 3 is 2.43 bits per heavy atom. The lowest BCUT2D eigenvalue weighted by atomic mass is 9.68. The van der Waals surface area contributed by atoms with Crippen LogP contribution in [0.25, 0.3) is 0 Å². The number of carbonyl (C=O) groups is 4. The fourth-order valence-corrected chi connectivity index (χ4v) is 5.98. The summed E-state index contributed by atoms with van der Waals surface area (Å²) in [5.41, 5.74) is 0.460. The number of nitrogens with one attached hydrogen (secondary N) is 3. The summed E-state index contributed by atoms with van der Waals surface area (Å²) in [6, 6.07) is -0.551. The summed E-state index contributed by atoms with van der Waals surface area (Å²) in [6.45, 7) is 13.0. The molecule has 0 aromatic heterocycles. The first-order chi connectivity index (χ1) is 20.7. The third-order valence-electron chi connectivity index (χ3n) is 8.79. The molecule has 1 aliphatic carbocycles. The molecule has 250 valence electrons. The third kappa shape index (κ3) is 9.63. The second-order valence-corrected chi connectivity index (χ2v) is 12.9. The van der Waals surface area contributed by atoms with Crippen LogP contribution < -0.4 is 16.0 Å². The average Bonchev–Trinajstić information content (AvgIpc) is 3.86. The quantitative estimate of drug-likeness (QED) is 0.182. The molecule has 2 heterocycles. The number of allylic oxidation sites excluding steroid dienone is 1. The van der Waals surface area contributed by atoms with Crippen LogP contribution >= 0.6 is 0 Å². The van der Waals surface area contributed by atoms with Gasteiger partial charge < -0.3 is 34.3 Å². The summed E-state index contributed by atoms with van der Waals surface area (Å²) in [6.07, 6.45) is 2.26. The number of rotatable bonds is 15. The van der Waals surface area contributed by atoms with Crippen molar-refractivity contribution in [2.24, 2.45) is 11.8 Å². The molecule has 2 saturated heterocycles. The van der Waals surface area contributed by atoms with E-state index in [0.717, 1.165) is 12.8 Å². The molecule has 3 N–H and O–H groups in total. The largest absolute Gasteiger partial charge is 0.447 e. The van der Waals surface area contributed by atoms with E-state index in [0.29, 0.717) is 32.5 Å². The standard InChI is InChI=1S/C31H52N4O9/c1-9-24(36)32-14-15-35(7)16-25(37)34-28(38)41-17-21(20(4)5)33-29(39)43-22-12-13-31(18-42-31)27(26(22)40-8)30(6)23(44-30)11-10-19(2)3/h10,20-23,26-27H,9,11-18H2,1-8H3,(H,32,36)(H,33,39)(H,34,37,38)/t21-,22?,23+,26?,27?,30?,31-/m0/s1. The van der Waals surface area contributed by atoms with Gasteiger partial charge in [0, 0.05) is 26.6 Å². The van der Waals surface area contributed by atoms with Crippen molar-refractivity contribution in [3.63, 3.8) is 0 Å². The van der Waals surface area contributed by atoms with Crippen molar-refractivity contribution in [3.8, 4) is 0 Å². The van der Waals surface area contributed by atoms with Crippen LogP contribution in [-0.2, 0) is 33.3 Å². The summed E-state index contributed by atoms with van der Waals surface area (Å²) in [7, 11) is 3.32. The van der Waals surface area contributed by atoms with Crippen LogP contribution in [0.3, 0.4) is 0 Å². The molecule has 4 amide bonds. The molecule has 13 nitrogen and oxygen atoms in total. The normalized spacial score (nSPS) is 29.5. The Morgan fingerprint density at radius 2 is 1.84 bits per heavy atom. The lowest BCUT2D eigenvalue weighted by molar-refractivity contribution is -0.121. The highest BCUT2D eigenvalue weighted by atomic mass is 16.6. The van der Waals surface area contributed by atoms with Gasteiger partial charge in [-0.2, -0.15) is 0 Å². The van der Waals surface area contributed by atoms with Crippen LogP contribution in [0.15, 0.2) is 11.6 Å². The van der Waals surface area contributed by atoms with E-state index in [2.05, 4.69) is 42.8 Å². The van der Waals surface area contributed by atoms with Gasteiger partial charge in [0.15, 0.2) is 0 Å². The molecule has 1 spiro atoms. The van der Waals surface area contributed by atoms with E-state index in [1.165, 1.54) is 5.57 Å². The van der Waals surface area contributed by atoms with Gasteiger partial charge in [0.25, 0.3) is 0 Å². The second kappa shape index (κ2) is 15.5. The number of likely N-dealkylation sites (N-methyl/N-ethyl adjacent to an activating group) is 1. The minimum Gasteiger partial charge on any atom is -0.447 e. The molecule has 3 fully saturated rings. The number of alkyl carbamates (subject to hydrolysis) is 2. The molecule has 3 rings (SSSR count). The van der Waals surface area contributed by atoms with Crippen LogP contribution in [0.4, 0.5) is 9.59 Å². The number of epoxide rings is 2. The Labute approximate surface area is 261 Å². The summed E-state index contributed by atoms with van der Waals surface area (Å²) >= 11 is 0. The van der Waals surface area contributed by atoms with Crippen molar-refractivity contribution in [3.05, 3.63) is 11.6 Å². The van der Waals surface area contributed by atoms with E-state index in [4.69, 9.17) is 23.7 Å². The zero-order valence-electron chi connectivity index (χ0n) is 27.5. The summed E-state index contributed by atoms with van der Waals surface area (Å²) in [5.74, 6) is -0.802. The lowest BCUT2D eigenvalue weighted by Gasteiger charge is -2.42. The molecular weight excluding hydrogens is 572 g/mol. The maximum atomic E-state index is 13.1. The molecule has 0 aromatic carbocycles. The van der Waals surface area contributed by atoms with Gasteiger partial charge in [-0.15, -0.1) is 0 Å². The smallest absolute Gasteiger partial charge is 0.413 e. The molecule has 4 unspecified atom stereocenters.